The fourth-order valence-corrected chi connectivity index (χ4v) is 2.34. The van der Waals surface area contributed by atoms with E-state index >= 15 is 0 Å². The quantitative estimate of drug-likeness (QED) is 0.888. The van der Waals surface area contributed by atoms with Crippen molar-refractivity contribution in [3.05, 3.63) is 33.8 Å². The van der Waals surface area contributed by atoms with Crippen LogP contribution in [0, 0.1) is 0 Å². The standard InChI is InChI=1S/C13H14Cl2N2O4/c14-10-2-1-8(5-11(10)15)12(18)17-3-4-21-9(7-17)6-16-13(19)20/h1-2,5,9,16H,3-4,6-7H2,(H,19,20)/t9-/m0/s1. The molecule has 0 saturated carbocycles. The van der Waals surface area contributed by atoms with E-state index in [-0.39, 0.29) is 18.6 Å². The molecule has 8 heteroatoms. The number of hydrogen-bond acceptors (Lipinski definition) is 3. The topological polar surface area (TPSA) is 78.9 Å². The van der Waals surface area contributed by atoms with Gasteiger partial charge in [-0.15, -0.1) is 0 Å². The normalized spacial score (nSPS) is 18.4. The molecule has 1 fully saturated rings. The van der Waals surface area contributed by atoms with Crippen molar-refractivity contribution in [3.63, 3.8) is 0 Å². The number of amides is 2. The van der Waals surface area contributed by atoms with Gasteiger partial charge in [0, 0.05) is 25.2 Å². The third-order valence-electron chi connectivity index (χ3n) is 3.07. The first-order valence-corrected chi connectivity index (χ1v) is 7.05. The highest BCUT2D eigenvalue weighted by molar-refractivity contribution is 6.42. The van der Waals surface area contributed by atoms with Gasteiger partial charge in [0.15, 0.2) is 0 Å². The summed E-state index contributed by atoms with van der Waals surface area (Å²) >= 11 is 11.7. The van der Waals surface area contributed by atoms with Gasteiger partial charge in [-0.25, -0.2) is 4.79 Å². The maximum absolute atomic E-state index is 12.4. The van der Waals surface area contributed by atoms with Gasteiger partial charge in [-0.3, -0.25) is 4.79 Å². The monoisotopic (exact) mass is 332 g/mol. The van der Waals surface area contributed by atoms with Crippen LogP contribution in [0.1, 0.15) is 10.4 Å². The summed E-state index contributed by atoms with van der Waals surface area (Å²) < 4.78 is 5.42. The number of halogens is 2. The lowest BCUT2D eigenvalue weighted by Gasteiger charge is -2.33. The van der Waals surface area contributed by atoms with Crippen LogP contribution in [-0.2, 0) is 4.74 Å². The van der Waals surface area contributed by atoms with Gasteiger partial charge in [0.2, 0.25) is 0 Å². The number of carbonyl (C=O) groups is 2. The zero-order valence-electron chi connectivity index (χ0n) is 11.0. The van der Waals surface area contributed by atoms with Crippen molar-refractivity contribution in [2.45, 2.75) is 6.10 Å². The Morgan fingerprint density at radius 3 is 2.81 bits per heavy atom. The van der Waals surface area contributed by atoms with Crippen LogP contribution in [0.15, 0.2) is 18.2 Å². The molecular formula is C13H14Cl2N2O4. The van der Waals surface area contributed by atoms with E-state index in [1.54, 1.807) is 17.0 Å². The predicted molar refractivity (Wildman–Crippen MR) is 78.1 cm³/mol. The molecule has 1 aliphatic heterocycles. The van der Waals surface area contributed by atoms with Crippen molar-refractivity contribution in [2.24, 2.45) is 0 Å². The maximum atomic E-state index is 12.4. The van der Waals surface area contributed by atoms with Gasteiger partial charge >= 0.3 is 6.09 Å². The molecule has 1 aromatic carbocycles. The highest BCUT2D eigenvalue weighted by Gasteiger charge is 2.25. The number of nitrogens with zero attached hydrogens (tertiary/aromatic N) is 1. The second-order valence-corrected chi connectivity index (χ2v) is 5.37. The summed E-state index contributed by atoms with van der Waals surface area (Å²) in [6.07, 6.45) is -1.48. The molecule has 1 aromatic rings. The summed E-state index contributed by atoms with van der Waals surface area (Å²) in [5, 5.41) is 11.5. The summed E-state index contributed by atoms with van der Waals surface area (Å²) in [6.45, 7) is 1.27. The smallest absolute Gasteiger partial charge is 0.404 e. The first kappa shape index (κ1) is 15.9. The van der Waals surface area contributed by atoms with Crippen LogP contribution in [0.25, 0.3) is 0 Å². The van der Waals surface area contributed by atoms with E-state index in [2.05, 4.69) is 5.32 Å². The molecule has 2 amide bonds. The number of carbonyl (C=O) groups excluding carboxylic acids is 1. The van der Waals surface area contributed by atoms with E-state index in [0.717, 1.165) is 0 Å². The minimum atomic E-state index is -1.12. The van der Waals surface area contributed by atoms with Crippen LogP contribution < -0.4 is 5.32 Å². The SMILES string of the molecule is O=C(O)NC[C@H]1CN(C(=O)c2ccc(Cl)c(Cl)c2)CCO1. The molecule has 1 aliphatic rings. The van der Waals surface area contributed by atoms with Gasteiger partial charge in [0.25, 0.3) is 5.91 Å². The van der Waals surface area contributed by atoms with Gasteiger partial charge in [-0.05, 0) is 18.2 Å². The van der Waals surface area contributed by atoms with E-state index in [9.17, 15) is 9.59 Å². The largest absolute Gasteiger partial charge is 0.465 e. The molecule has 0 aliphatic carbocycles. The molecular weight excluding hydrogens is 319 g/mol. The Morgan fingerprint density at radius 2 is 2.14 bits per heavy atom. The minimum absolute atomic E-state index is 0.139. The van der Waals surface area contributed by atoms with E-state index in [4.69, 9.17) is 33.0 Å². The summed E-state index contributed by atoms with van der Waals surface area (Å²) in [7, 11) is 0. The Kier molecular flexibility index (Phi) is 5.27. The van der Waals surface area contributed by atoms with Crippen molar-refractivity contribution in [2.75, 3.05) is 26.2 Å². The molecule has 1 saturated heterocycles. The Balaban J connectivity index is 2.01. The van der Waals surface area contributed by atoms with Gasteiger partial charge in [0.05, 0.1) is 22.8 Å². The second-order valence-electron chi connectivity index (χ2n) is 4.56. The molecule has 1 atom stereocenters. The predicted octanol–water partition coefficient (Wildman–Crippen LogP) is 2.10. The summed E-state index contributed by atoms with van der Waals surface area (Å²) in [6, 6.07) is 4.70. The zero-order valence-corrected chi connectivity index (χ0v) is 12.5. The first-order valence-electron chi connectivity index (χ1n) is 6.30. The Labute approximate surface area is 131 Å². The molecule has 6 nitrogen and oxygen atoms in total. The average molecular weight is 333 g/mol. The van der Waals surface area contributed by atoms with Crippen molar-refractivity contribution >= 4 is 35.2 Å². The molecule has 0 radical (unpaired) electrons. The molecule has 2 N–H and O–H groups in total. The number of hydrogen-bond donors (Lipinski definition) is 2. The highest BCUT2D eigenvalue weighted by atomic mass is 35.5. The van der Waals surface area contributed by atoms with Crippen molar-refractivity contribution in [1.82, 2.24) is 10.2 Å². The fourth-order valence-electron chi connectivity index (χ4n) is 2.04. The molecule has 114 valence electrons. The molecule has 21 heavy (non-hydrogen) atoms. The number of ether oxygens (including phenoxy) is 1. The third kappa shape index (κ3) is 4.23. The lowest BCUT2D eigenvalue weighted by atomic mass is 10.1. The van der Waals surface area contributed by atoms with Crippen LogP contribution in [0.2, 0.25) is 10.0 Å². The molecule has 0 unspecified atom stereocenters. The molecule has 0 bridgehead atoms. The van der Waals surface area contributed by atoms with Crippen LogP contribution in [0.4, 0.5) is 4.79 Å². The van der Waals surface area contributed by atoms with E-state index in [1.165, 1.54) is 6.07 Å². The lowest BCUT2D eigenvalue weighted by molar-refractivity contribution is -0.0197. The van der Waals surface area contributed by atoms with Crippen molar-refractivity contribution in [3.8, 4) is 0 Å². The van der Waals surface area contributed by atoms with Gasteiger partial charge in [-0.1, -0.05) is 23.2 Å². The summed E-state index contributed by atoms with van der Waals surface area (Å²) in [5.41, 5.74) is 0.441. The number of carboxylic acid groups (broad SMARTS) is 1. The summed E-state index contributed by atoms with van der Waals surface area (Å²) in [4.78, 5) is 24.5. The fraction of sp³-hybridized carbons (Fsp3) is 0.385. The number of morpholine rings is 1. The average Bonchev–Trinajstić information content (AvgIpc) is 2.47. The maximum Gasteiger partial charge on any atom is 0.404 e. The number of benzene rings is 1. The Bertz CT molecular complexity index is 553. The van der Waals surface area contributed by atoms with Gasteiger partial charge < -0.3 is 20.1 Å². The Hall–Kier alpha value is -1.50. The van der Waals surface area contributed by atoms with E-state index < -0.39 is 6.09 Å². The first-order chi connectivity index (χ1) is 9.97. The van der Waals surface area contributed by atoms with E-state index in [0.29, 0.717) is 35.3 Å². The second kappa shape index (κ2) is 6.98. The van der Waals surface area contributed by atoms with Crippen molar-refractivity contribution in [1.29, 1.82) is 0 Å². The van der Waals surface area contributed by atoms with Crippen LogP contribution in [-0.4, -0.2) is 54.4 Å². The number of nitrogens with one attached hydrogen (secondary N) is 1. The molecule has 2 rings (SSSR count). The van der Waals surface area contributed by atoms with Gasteiger partial charge in [0.1, 0.15) is 0 Å². The van der Waals surface area contributed by atoms with Crippen molar-refractivity contribution < 1.29 is 19.4 Å². The van der Waals surface area contributed by atoms with Crippen LogP contribution in [0.5, 0.6) is 0 Å². The van der Waals surface area contributed by atoms with Crippen LogP contribution in [0.3, 0.4) is 0 Å². The van der Waals surface area contributed by atoms with Crippen LogP contribution >= 0.6 is 23.2 Å². The molecule has 0 spiro atoms. The molecule has 0 aromatic heterocycles. The Morgan fingerprint density at radius 1 is 1.38 bits per heavy atom. The third-order valence-corrected chi connectivity index (χ3v) is 3.81. The summed E-state index contributed by atoms with van der Waals surface area (Å²) in [5.74, 6) is -0.183. The highest BCUT2D eigenvalue weighted by Crippen LogP contribution is 2.23. The lowest BCUT2D eigenvalue weighted by Crippen LogP contribution is -2.49. The van der Waals surface area contributed by atoms with E-state index in [1.807, 2.05) is 0 Å². The molecule has 1 heterocycles. The minimum Gasteiger partial charge on any atom is -0.465 e. The van der Waals surface area contributed by atoms with Gasteiger partial charge in [-0.2, -0.15) is 0 Å². The zero-order chi connectivity index (χ0) is 15.4. The number of rotatable bonds is 3.